The van der Waals surface area contributed by atoms with Crippen LogP contribution in [0.2, 0.25) is 0 Å². The predicted octanol–water partition coefficient (Wildman–Crippen LogP) is 1.43. The van der Waals surface area contributed by atoms with Gasteiger partial charge in [-0.05, 0) is 0 Å². The Hall–Kier alpha value is 0.113. The van der Waals surface area contributed by atoms with E-state index in [9.17, 15) is 0 Å². The first kappa shape index (κ1) is 25.1. The molecule has 16 heavy (non-hydrogen) atoms. The van der Waals surface area contributed by atoms with Crippen molar-refractivity contribution in [1.29, 1.82) is 0 Å². The number of rotatable bonds is 2. The molecule has 3 N–H and O–H groups in total. The molecule has 1 aromatic rings. The van der Waals surface area contributed by atoms with E-state index in [0.29, 0.717) is 0 Å². The van der Waals surface area contributed by atoms with Crippen molar-refractivity contribution in [3.63, 3.8) is 0 Å². The van der Waals surface area contributed by atoms with E-state index in [0.717, 1.165) is 27.2 Å². The molecule has 0 unspecified atom stereocenters. The average Bonchev–Trinajstić information content (AvgIpc) is 2.78. The monoisotopic (exact) mass is 307 g/mol. The summed E-state index contributed by atoms with van der Waals surface area (Å²) in [6, 6.07) is 8.55. The molecule has 0 spiro atoms. The minimum Gasteiger partial charge on any atom is -0.400 e. The van der Waals surface area contributed by atoms with Crippen molar-refractivity contribution in [2.24, 2.45) is 5.92 Å². The van der Waals surface area contributed by atoms with Crippen LogP contribution >= 0.6 is 0 Å². The van der Waals surface area contributed by atoms with Crippen molar-refractivity contribution in [3.05, 3.63) is 29.8 Å². The van der Waals surface area contributed by atoms with Gasteiger partial charge in [0.1, 0.15) is 0 Å². The Kier molecular flexibility index (Phi) is 38.2. The van der Waals surface area contributed by atoms with Crippen LogP contribution in [0.1, 0.15) is 19.4 Å². The minimum atomic E-state index is 0. The van der Waals surface area contributed by atoms with Gasteiger partial charge in [-0.25, -0.2) is 12.1 Å². The van der Waals surface area contributed by atoms with E-state index in [-0.39, 0.29) is 26.2 Å². The van der Waals surface area contributed by atoms with E-state index in [1.807, 2.05) is 0 Å². The molecule has 0 aliphatic heterocycles. The summed E-state index contributed by atoms with van der Waals surface area (Å²) in [6.07, 6.45) is 1.22. The van der Waals surface area contributed by atoms with Crippen LogP contribution in [0.5, 0.6) is 0 Å². The summed E-state index contributed by atoms with van der Waals surface area (Å²) in [7, 11) is 3.00. The quantitative estimate of drug-likeness (QED) is 0.724. The molecule has 0 saturated carbocycles. The first-order valence-electron chi connectivity index (χ1n) is 4.84. The van der Waals surface area contributed by atoms with Crippen LogP contribution in [-0.2, 0) is 32.6 Å². The van der Waals surface area contributed by atoms with Crippen molar-refractivity contribution in [2.45, 2.75) is 20.3 Å². The molecule has 96 valence electrons. The van der Waals surface area contributed by atoms with Crippen LogP contribution in [-0.4, -0.2) is 36.6 Å². The van der Waals surface area contributed by atoms with Crippen LogP contribution in [0.3, 0.4) is 0 Å². The summed E-state index contributed by atoms with van der Waals surface area (Å²) in [5.41, 5.74) is 1.46. The zero-order valence-corrected chi connectivity index (χ0v) is 13.4. The fraction of sp³-hybridized carbons (Fsp3) is 0.583. The Morgan fingerprint density at radius 3 is 1.44 bits per heavy atom. The van der Waals surface area contributed by atoms with Gasteiger partial charge in [0.05, 0.1) is 0 Å². The number of hydrogen-bond acceptors (Lipinski definition) is 3. The first-order chi connectivity index (χ1) is 7.29. The maximum Gasteiger partial charge on any atom is 0.0319 e. The fourth-order valence-corrected chi connectivity index (χ4v) is 1.02. The van der Waals surface area contributed by atoms with Crippen LogP contribution in [0.25, 0.3) is 0 Å². The van der Waals surface area contributed by atoms with Crippen molar-refractivity contribution in [3.8, 4) is 0 Å². The Morgan fingerprint density at radius 1 is 0.875 bits per heavy atom. The molecular weight excluding hydrogens is 283 g/mol. The molecule has 3 nitrogen and oxygen atoms in total. The van der Waals surface area contributed by atoms with Gasteiger partial charge in [0.2, 0.25) is 0 Å². The van der Waals surface area contributed by atoms with E-state index < -0.39 is 0 Å². The SMILES string of the molecule is CC(C)C[c-]1cccc1.CO.CO.CO.[Zr]. The van der Waals surface area contributed by atoms with Gasteiger partial charge in [0.15, 0.2) is 0 Å². The third-order valence-electron chi connectivity index (χ3n) is 1.38. The van der Waals surface area contributed by atoms with Gasteiger partial charge >= 0.3 is 0 Å². The minimum absolute atomic E-state index is 0. The van der Waals surface area contributed by atoms with Crippen LogP contribution in [0.4, 0.5) is 0 Å². The molecule has 0 bridgehead atoms. The standard InChI is InChI=1S/C9H13.3CH4O.Zr/c1-8(2)7-9-5-3-4-6-9;3*1-2;/h3-6,8H,7H2,1-2H3;3*2H,1H3;/q-1;;;;. The van der Waals surface area contributed by atoms with Crippen molar-refractivity contribution in [1.82, 2.24) is 0 Å². The van der Waals surface area contributed by atoms with E-state index in [1.165, 1.54) is 12.0 Å². The molecule has 0 saturated heterocycles. The number of aliphatic hydroxyl groups is 3. The second kappa shape index (κ2) is 24.4. The maximum absolute atomic E-state index is 7.00. The first-order valence-corrected chi connectivity index (χ1v) is 4.84. The van der Waals surface area contributed by atoms with Crippen molar-refractivity contribution < 1.29 is 41.5 Å². The molecule has 0 aliphatic carbocycles. The molecule has 1 aromatic carbocycles. The van der Waals surface area contributed by atoms with Crippen molar-refractivity contribution >= 4 is 0 Å². The maximum atomic E-state index is 7.00. The molecule has 0 fully saturated rings. The van der Waals surface area contributed by atoms with Gasteiger partial charge in [-0.15, -0.1) is 0 Å². The van der Waals surface area contributed by atoms with Gasteiger partial charge in [0.25, 0.3) is 0 Å². The molecule has 4 heteroatoms. The Balaban J connectivity index is -0.0000000900. The molecule has 0 heterocycles. The molecule has 0 amide bonds. The molecular formula is C12H25O3Zr-. The summed E-state index contributed by atoms with van der Waals surface area (Å²) in [5.74, 6) is 0.785. The Morgan fingerprint density at radius 2 is 1.19 bits per heavy atom. The fourth-order valence-electron chi connectivity index (χ4n) is 1.02. The van der Waals surface area contributed by atoms with E-state index in [4.69, 9.17) is 15.3 Å². The number of hydrogen-bond donors (Lipinski definition) is 3. The van der Waals surface area contributed by atoms with Crippen molar-refractivity contribution in [2.75, 3.05) is 21.3 Å². The van der Waals surface area contributed by atoms with Gasteiger partial charge < -0.3 is 15.3 Å². The smallest absolute Gasteiger partial charge is 0.0319 e. The second-order valence-electron chi connectivity index (χ2n) is 2.89. The zero-order chi connectivity index (χ0) is 12.7. The molecule has 1 rings (SSSR count). The molecule has 0 radical (unpaired) electrons. The molecule has 0 aromatic heterocycles. The molecule has 0 aliphatic rings. The summed E-state index contributed by atoms with van der Waals surface area (Å²) in [4.78, 5) is 0. The van der Waals surface area contributed by atoms with Crippen LogP contribution in [0.15, 0.2) is 24.3 Å². The summed E-state index contributed by atoms with van der Waals surface area (Å²) >= 11 is 0. The van der Waals surface area contributed by atoms with Gasteiger partial charge in [-0.2, -0.15) is 17.7 Å². The number of aliphatic hydroxyl groups excluding tert-OH is 3. The summed E-state index contributed by atoms with van der Waals surface area (Å²) < 4.78 is 0. The average molecular weight is 309 g/mol. The van der Waals surface area contributed by atoms with Gasteiger partial charge in [-0.3, -0.25) is 0 Å². The van der Waals surface area contributed by atoms with Gasteiger partial charge in [-0.1, -0.05) is 26.2 Å². The zero-order valence-electron chi connectivity index (χ0n) is 10.9. The topological polar surface area (TPSA) is 60.7 Å². The third kappa shape index (κ3) is 19.7. The largest absolute Gasteiger partial charge is 0.400 e. The predicted molar refractivity (Wildman–Crippen MR) is 65.0 cm³/mol. The normalized spacial score (nSPS) is 7.06. The van der Waals surface area contributed by atoms with Gasteiger partial charge in [0, 0.05) is 47.5 Å². The van der Waals surface area contributed by atoms with Crippen LogP contribution in [0, 0.1) is 5.92 Å². The van der Waals surface area contributed by atoms with Crippen LogP contribution < -0.4 is 0 Å². The van der Waals surface area contributed by atoms with E-state index >= 15 is 0 Å². The van der Waals surface area contributed by atoms with E-state index in [1.54, 1.807) is 0 Å². The molecule has 0 atom stereocenters. The summed E-state index contributed by atoms with van der Waals surface area (Å²) in [6.45, 7) is 4.49. The Labute approximate surface area is 119 Å². The third-order valence-corrected chi connectivity index (χ3v) is 1.38. The summed E-state index contributed by atoms with van der Waals surface area (Å²) in [5, 5.41) is 21.0. The Bertz CT molecular complexity index is 163. The second-order valence-corrected chi connectivity index (χ2v) is 2.89. The van der Waals surface area contributed by atoms with E-state index in [2.05, 4.69) is 38.1 Å².